The van der Waals surface area contributed by atoms with E-state index in [1.54, 1.807) is 18.3 Å². The number of para-hydroxylation sites is 1. The van der Waals surface area contributed by atoms with Gasteiger partial charge in [-0.25, -0.2) is 8.78 Å². The number of aromatic nitrogens is 1. The highest BCUT2D eigenvalue weighted by Crippen LogP contribution is 2.21. The Labute approximate surface area is 174 Å². The molecule has 7 heteroatoms. The number of fused-ring (bicyclic) bond motifs is 1. The molecule has 1 saturated heterocycles. The van der Waals surface area contributed by atoms with Gasteiger partial charge in [0.1, 0.15) is 11.6 Å². The molecule has 4 rings (SSSR count). The Balaban J connectivity index is 1.17. The summed E-state index contributed by atoms with van der Waals surface area (Å²) in [6.07, 6.45) is 2.84. The zero-order valence-corrected chi connectivity index (χ0v) is 16.8. The van der Waals surface area contributed by atoms with Crippen molar-refractivity contribution in [3.05, 3.63) is 65.9 Å². The fraction of sp³-hybridized carbons (Fsp3) is 0.348. The van der Waals surface area contributed by atoms with Crippen molar-refractivity contribution in [3.63, 3.8) is 0 Å². The lowest BCUT2D eigenvalue weighted by Crippen LogP contribution is -2.47. The SMILES string of the molecule is O=C(Cc1c[nH]c2ccc(F)cc12)NCCCN1CCN(c2ccccc2F)CC1. The first kappa shape index (κ1) is 20.3. The van der Waals surface area contributed by atoms with Crippen LogP contribution < -0.4 is 10.2 Å². The van der Waals surface area contributed by atoms with E-state index < -0.39 is 0 Å². The number of carbonyl (C=O) groups is 1. The van der Waals surface area contributed by atoms with E-state index in [4.69, 9.17) is 0 Å². The minimum Gasteiger partial charge on any atom is -0.367 e. The number of benzene rings is 2. The number of rotatable bonds is 7. The Hall–Kier alpha value is -2.93. The van der Waals surface area contributed by atoms with E-state index in [9.17, 15) is 13.6 Å². The van der Waals surface area contributed by atoms with Gasteiger partial charge in [-0.3, -0.25) is 9.69 Å². The van der Waals surface area contributed by atoms with Crippen molar-refractivity contribution < 1.29 is 13.6 Å². The summed E-state index contributed by atoms with van der Waals surface area (Å²) in [6, 6.07) is 11.4. The van der Waals surface area contributed by atoms with Gasteiger partial charge in [-0.1, -0.05) is 12.1 Å². The molecule has 0 saturated carbocycles. The van der Waals surface area contributed by atoms with Crippen LogP contribution in [-0.4, -0.2) is 55.1 Å². The van der Waals surface area contributed by atoms with Gasteiger partial charge in [-0.2, -0.15) is 0 Å². The highest BCUT2D eigenvalue weighted by atomic mass is 19.1. The molecular weight excluding hydrogens is 386 g/mol. The minimum absolute atomic E-state index is 0.0652. The van der Waals surface area contributed by atoms with Crippen molar-refractivity contribution in [2.45, 2.75) is 12.8 Å². The minimum atomic E-state index is -0.307. The van der Waals surface area contributed by atoms with Gasteiger partial charge < -0.3 is 15.2 Å². The summed E-state index contributed by atoms with van der Waals surface area (Å²) >= 11 is 0. The van der Waals surface area contributed by atoms with Gasteiger partial charge in [0.25, 0.3) is 0 Å². The summed E-state index contributed by atoms with van der Waals surface area (Å²) in [5.41, 5.74) is 2.29. The molecule has 3 aromatic rings. The first-order valence-corrected chi connectivity index (χ1v) is 10.3. The summed E-state index contributed by atoms with van der Waals surface area (Å²) in [5.74, 6) is -0.546. The van der Waals surface area contributed by atoms with E-state index in [2.05, 4.69) is 20.1 Å². The topological polar surface area (TPSA) is 51.4 Å². The maximum Gasteiger partial charge on any atom is 0.224 e. The molecule has 30 heavy (non-hydrogen) atoms. The monoisotopic (exact) mass is 412 g/mol. The maximum atomic E-state index is 13.9. The molecule has 2 N–H and O–H groups in total. The van der Waals surface area contributed by atoms with Gasteiger partial charge in [0.2, 0.25) is 5.91 Å². The molecule has 5 nitrogen and oxygen atoms in total. The highest BCUT2D eigenvalue weighted by molar-refractivity contribution is 5.88. The number of amides is 1. The fourth-order valence-electron chi connectivity index (χ4n) is 3.98. The average molecular weight is 412 g/mol. The van der Waals surface area contributed by atoms with E-state index in [1.165, 1.54) is 18.2 Å². The highest BCUT2D eigenvalue weighted by Gasteiger charge is 2.19. The fourth-order valence-corrected chi connectivity index (χ4v) is 3.98. The third-order valence-corrected chi connectivity index (χ3v) is 5.62. The van der Waals surface area contributed by atoms with Crippen molar-refractivity contribution in [3.8, 4) is 0 Å². The Bertz CT molecular complexity index is 1010. The van der Waals surface area contributed by atoms with Crippen molar-refractivity contribution in [2.75, 3.05) is 44.2 Å². The smallest absolute Gasteiger partial charge is 0.224 e. The van der Waals surface area contributed by atoms with Crippen molar-refractivity contribution in [1.29, 1.82) is 0 Å². The molecule has 1 amide bonds. The van der Waals surface area contributed by atoms with E-state index in [1.807, 2.05) is 12.1 Å². The number of piperazine rings is 1. The Morgan fingerprint density at radius 2 is 1.87 bits per heavy atom. The Kier molecular flexibility index (Phi) is 6.28. The number of H-pyrrole nitrogens is 1. The van der Waals surface area contributed by atoms with Gasteiger partial charge >= 0.3 is 0 Å². The predicted molar refractivity (Wildman–Crippen MR) is 115 cm³/mol. The van der Waals surface area contributed by atoms with Crippen LogP contribution in [0.15, 0.2) is 48.7 Å². The van der Waals surface area contributed by atoms with E-state index in [0.717, 1.165) is 55.6 Å². The number of aromatic amines is 1. The zero-order chi connectivity index (χ0) is 20.9. The lowest BCUT2D eigenvalue weighted by Gasteiger charge is -2.36. The number of hydrogen-bond acceptors (Lipinski definition) is 3. The number of anilines is 1. The third kappa shape index (κ3) is 4.79. The quantitative estimate of drug-likeness (QED) is 0.586. The van der Waals surface area contributed by atoms with Gasteiger partial charge in [0, 0.05) is 49.8 Å². The molecule has 0 unspecified atom stereocenters. The maximum absolute atomic E-state index is 13.9. The zero-order valence-electron chi connectivity index (χ0n) is 16.8. The molecule has 0 aliphatic carbocycles. The standard InChI is InChI=1S/C23H26F2N4O/c24-18-6-7-21-19(15-18)17(16-27-21)14-23(30)26-8-3-9-28-10-12-29(13-11-28)22-5-2-1-4-20(22)25/h1-2,4-7,15-16,27H,3,8-14H2,(H,26,30). The average Bonchev–Trinajstić information content (AvgIpc) is 3.14. The molecule has 1 aromatic heterocycles. The lowest BCUT2D eigenvalue weighted by molar-refractivity contribution is -0.120. The molecule has 2 heterocycles. The van der Waals surface area contributed by atoms with Crippen LogP contribution in [0.2, 0.25) is 0 Å². The largest absolute Gasteiger partial charge is 0.367 e. The Morgan fingerprint density at radius 3 is 2.67 bits per heavy atom. The summed E-state index contributed by atoms with van der Waals surface area (Å²) in [5, 5.41) is 3.70. The summed E-state index contributed by atoms with van der Waals surface area (Å²) in [7, 11) is 0. The van der Waals surface area contributed by atoms with Crippen LogP contribution in [0.1, 0.15) is 12.0 Å². The van der Waals surface area contributed by atoms with Crippen LogP contribution >= 0.6 is 0 Å². The molecule has 1 aliphatic rings. The second-order valence-electron chi connectivity index (χ2n) is 7.66. The van der Waals surface area contributed by atoms with Crippen LogP contribution in [0.5, 0.6) is 0 Å². The molecule has 1 aliphatic heterocycles. The number of halogens is 2. The normalized spacial score (nSPS) is 14.9. The lowest BCUT2D eigenvalue weighted by atomic mass is 10.1. The molecule has 2 aromatic carbocycles. The molecule has 0 radical (unpaired) electrons. The molecule has 0 bridgehead atoms. The van der Waals surface area contributed by atoms with Crippen LogP contribution in [0.25, 0.3) is 10.9 Å². The molecule has 158 valence electrons. The predicted octanol–water partition coefficient (Wildman–Crippen LogP) is 3.32. The van der Waals surface area contributed by atoms with Crippen molar-refractivity contribution >= 4 is 22.5 Å². The van der Waals surface area contributed by atoms with Crippen LogP contribution in [0.4, 0.5) is 14.5 Å². The molecular formula is C23H26F2N4O. The van der Waals surface area contributed by atoms with Gasteiger partial charge in [-0.15, -0.1) is 0 Å². The van der Waals surface area contributed by atoms with Gasteiger partial charge in [0.05, 0.1) is 12.1 Å². The van der Waals surface area contributed by atoms with E-state index in [0.29, 0.717) is 12.2 Å². The number of hydrogen-bond donors (Lipinski definition) is 2. The summed E-state index contributed by atoms with van der Waals surface area (Å²) in [4.78, 5) is 19.7. The van der Waals surface area contributed by atoms with Crippen LogP contribution in [-0.2, 0) is 11.2 Å². The summed E-state index contributed by atoms with van der Waals surface area (Å²) in [6.45, 7) is 4.84. The van der Waals surface area contributed by atoms with Crippen molar-refractivity contribution in [1.82, 2.24) is 15.2 Å². The third-order valence-electron chi connectivity index (χ3n) is 5.62. The Morgan fingerprint density at radius 1 is 1.07 bits per heavy atom. The van der Waals surface area contributed by atoms with Gasteiger partial charge in [0.15, 0.2) is 0 Å². The van der Waals surface area contributed by atoms with E-state index in [-0.39, 0.29) is 24.0 Å². The number of carbonyl (C=O) groups excluding carboxylic acids is 1. The van der Waals surface area contributed by atoms with Crippen LogP contribution in [0, 0.1) is 11.6 Å². The van der Waals surface area contributed by atoms with Gasteiger partial charge in [-0.05, 0) is 48.9 Å². The molecule has 0 atom stereocenters. The number of nitrogens with one attached hydrogen (secondary N) is 2. The number of nitrogens with zero attached hydrogens (tertiary/aromatic N) is 2. The second kappa shape index (κ2) is 9.26. The van der Waals surface area contributed by atoms with Crippen molar-refractivity contribution in [2.24, 2.45) is 0 Å². The second-order valence-corrected chi connectivity index (χ2v) is 7.66. The first-order valence-electron chi connectivity index (χ1n) is 10.3. The summed E-state index contributed by atoms with van der Waals surface area (Å²) < 4.78 is 27.4. The van der Waals surface area contributed by atoms with E-state index >= 15 is 0 Å². The molecule has 0 spiro atoms. The molecule has 1 fully saturated rings. The first-order chi connectivity index (χ1) is 14.6. The van der Waals surface area contributed by atoms with Crippen LogP contribution in [0.3, 0.4) is 0 Å².